The van der Waals surface area contributed by atoms with Crippen molar-refractivity contribution >= 4 is 17.3 Å². The first-order chi connectivity index (χ1) is 17.2. The largest absolute Gasteiger partial charge is 0.493 e. The van der Waals surface area contributed by atoms with E-state index in [0.717, 1.165) is 41.3 Å². The quantitative estimate of drug-likeness (QED) is 0.357. The van der Waals surface area contributed by atoms with Crippen LogP contribution in [-0.4, -0.2) is 63.9 Å². The number of carboxylic acids is 1. The fourth-order valence-electron chi connectivity index (χ4n) is 5.05. The summed E-state index contributed by atoms with van der Waals surface area (Å²) < 4.78 is 6.27. The van der Waals surface area contributed by atoms with Crippen molar-refractivity contribution in [3.63, 3.8) is 0 Å². The van der Waals surface area contributed by atoms with Crippen molar-refractivity contribution in [3.8, 4) is 5.75 Å². The van der Waals surface area contributed by atoms with Gasteiger partial charge in [-0.15, -0.1) is 0 Å². The van der Waals surface area contributed by atoms with E-state index < -0.39 is 11.5 Å². The van der Waals surface area contributed by atoms with E-state index >= 15 is 0 Å². The predicted molar refractivity (Wildman–Crippen MR) is 149 cm³/mol. The van der Waals surface area contributed by atoms with E-state index in [9.17, 15) is 9.90 Å². The molecule has 1 unspecified atom stereocenters. The molecular weight excluding hydrogens is 450 g/mol. The van der Waals surface area contributed by atoms with Gasteiger partial charge >= 0.3 is 5.97 Å². The molecule has 0 saturated heterocycles. The van der Waals surface area contributed by atoms with Crippen LogP contribution in [-0.2, 0) is 5.54 Å². The minimum absolute atomic E-state index is 0.258. The SMILES string of the molecule is CCOc1cc(N(CC)CC)ccc1C(c1ccccc1)(c1ccc(N(C)C)cc1C(=O)O)N(C)C. The van der Waals surface area contributed by atoms with Crippen molar-refractivity contribution in [1.29, 1.82) is 0 Å². The fourth-order valence-corrected chi connectivity index (χ4v) is 5.05. The van der Waals surface area contributed by atoms with Gasteiger partial charge in [0.15, 0.2) is 0 Å². The molecule has 6 heteroatoms. The summed E-state index contributed by atoms with van der Waals surface area (Å²) in [5, 5.41) is 10.4. The molecule has 0 heterocycles. The van der Waals surface area contributed by atoms with E-state index in [1.807, 2.05) is 70.3 Å². The zero-order chi connectivity index (χ0) is 26.5. The van der Waals surface area contributed by atoms with Crippen LogP contribution in [0, 0.1) is 0 Å². The number of ether oxygens (including phenoxy) is 1. The van der Waals surface area contributed by atoms with Crippen LogP contribution in [0.4, 0.5) is 11.4 Å². The first-order valence-electron chi connectivity index (χ1n) is 12.5. The highest BCUT2D eigenvalue weighted by atomic mass is 16.5. The van der Waals surface area contributed by atoms with Gasteiger partial charge in [0, 0.05) is 50.2 Å². The van der Waals surface area contributed by atoms with Crippen LogP contribution in [0.15, 0.2) is 66.7 Å². The number of hydrogen-bond acceptors (Lipinski definition) is 5. The van der Waals surface area contributed by atoms with Crippen LogP contribution >= 0.6 is 0 Å². The average Bonchev–Trinajstić information content (AvgIpc) is 2.87. The van der Waals surface area contributed by atoms with E-state index in [4.69, 9.17) is 4.74 Å². The first kappa shape index (κ1) is 27.1. The van der Waals surface area contributed by atoms with Crippen molar-refractivity contribution in [3.05, 3.63) is 89.0 Å². The van der Waals surface area contributed by atoms with E-state index in [1.165, 1.54) is 0 Å². The molecule has 36 heavy (non-hydrogen) atoms. The fraction of sp³-hybridized carbons (Fsp3) is 0.367. The van der Waals surface area contributed by atoms with Gasteiger partial charge < -0.3 is 19.6 Å². The number of carboxylic acid groups (broad SMARTS) is 1. The molecule has 3 rings (SSSR count). The van der Waals surface area contributed by atoms with Gasteiger partial charge in [-0.2, -0.15) is 0 Å². The number of hydrogen-bond donors (Lipinski definition) is 1. The standard InChI is InChI=1S/C30H39N3O3/c1-8-33(9-2)24-17-19-27(28(21-24)36-10-3)30(32(6)7,22-14-12-11-13-15-22)26-18-16-23(31(4)5)20-25(26)29(34)35/h11-21H,8-10H2,1-7H3,(H,34,35). The Morgan fingerprint density at radius 1 is 0.833 bits per heavy atom. The normalized spacial score (nSPS) is 12.8. The lowest BCUT2D eigenvalue weighted by Crippen LogP contribution is -2.45. The van der Waals surface area contributed by atoms with Gasteiger partial charge in [-0.3, -0.25) is 4.90 Å². The molecule has 3 aromatic carbocycles. The second-order valence-corrected chi connectivity index (χ2v) is 9.19. The summed E-state index contributed by atoms with van der Waals surface area (Å²) in [5.74, 6) is -0.221. The van der Waals surface area contributed by atoms with Crippen LogP contribution in [0.25, 0.3) is 0 Å². The van der Waals surface area contributed by atoms with Gasteiger partial charge in [0.05, 0.1) is 12.2 Å². The maximum absolute atomic E-state index is 12.7. The van der Waals surface area contributed by atoms with Crippen molar-refractivity contribution in [2.45, 2.75) is 26.3 Å². The summed E-state index contributed by atoms with van der Waals surface area (Å²) in [4.78, 5) is 19.0. The number of carbonyl (C=O) groups is 1. The minimum Gasteiger partial charge on any atom is -0.493 e. The Morgan fingerprint density at radius 3 is 1.97 bits per heavy atom. The van der Waals surface area contributed by atoms with Crippen molar-refractivity contribution < 1.29 is 14.6 Å². The third-order valence-corrected chi connectivity index (χ3v) is 6.79. The van der Waals surface area contributed by atoms with Gasteiger partial charge in [-0.1, -0.05) is 42.5 Å². The molecule has 1 N–H and O–H groups in total. The molecule has 0 aliphatic carbocycles. The molecule has 1 atom stereocenters. The molecule has 0 saturated carbocycles. The lowest BCUT2D eigenvalue weighted by Gasteiger charge is -2.43. The van der Waals surface area contributed by atoms with Crippen molar-refractivity contribution in [2.24, 2.45) is 0 Å². The Labute approximate surface area is 215 Å². The van der Waals surface area contributed by atoms with Gasteiger partial charge in [-0.25, -0.2) is 4.79 Å². The van der Waals surface area contributed by atoms with Crippen LogP contribution in [0.5, 0.6) is 5.75 Å². The van der Waals surface area contributed by atoms with Gasteiger partial charge in [0.1, 0.15) is 11.3 Å². The monoisotopic (exact) mass is 489 g/mol. The van der Waals surface area contributed by atoms with Crippen LogP contribution in [0.3, 0.4) is 0 Å². The number of rotatable bonds is 11. The molecule has 192 valence electrons. The molecule has 3 aromatic rings. The summed E-state index contributed by atoms with van der Waals surface area (Å²) in [5.41, 5.74) is 3.81. The van der Waals surface area contributed by atoms with Crippen molar-refractivity contribution in [2.75, 3.05) is 57.7 Å². The Hall–Kier alpha value is -3.51. The first-order valence-corrected chi connectivity index (χ1v) is 12.5. The summed E-state index contributed by atoms with van der Waals surface area (Å²) in [6.45, 7) is 8.51. The third kappa shape index (κ3) is 4.91. The molecule has 0 aromatic heterocycles. The Morgan fingerprint density at radius 2 is 1.44 bits per heavy atom. The summed E-state index contributed by atoms with van der Waals surface area (Å²) in [6.07, 6.45) is 0. The molecular formula is C30H39N3O3. The maximum Gasteiger partial charge on any atom is 0.336 e. The molecule has 0 aliphatic heterocycles. The summed E-state index contributed by atoms with van der Waals surface area (Å²) >= 11 is 0. The average molecular weight is 490 g/mol. The number of anilines is 2. The van der Waals surface area contributed by atoms with E-state index in [1.54, 1.807) is 6.07 Å². The van der Waals surface area contributed by atoms with Gasteiger partial charge in [0.2, 0.25) is 0 Å². The Balaban J connectivity index is 2.48. The van der Waals surface area contributed by atoms with E-state index in [0.29, 0.717) is 12.2 Å². The third-order valence-electron chi connectivity index (χ3n) is 6.79. The highest BCUT2D eigenvalue weighted by molar-refractivity contribution is 5.92. The minimum atomic E-state index is -0.964. The van der Waals surface area contributed by atoms with Gasteiger partial charge in [-0.05, 0) is 64.2 Å². The van der Waals surface area contributed by atoms with E-state index in [-0.39, 0.29) is 5.56 Å². The van der Waals surface area contributed by atoms with Crippen LogP contribution < -0.4 is 14.5 Å². The predicted octanol–water partition coefficient (Wildman–Crippen LogP) is 5.55. The number of nitrogens with zero attached hydrogens (tertiary/aromatic N) is 3. The molecule has 0 radical (unpaired) electrons. The van der Waals surface area contributed by atoms with Crippen LogP contribution in [0.1, 0.15) is 47.8 Å². The molecule has 0 fully saturated rings. The molecule has 0 spiro atoms. The van der Waals surface area contributed by atoms with Gasteiger partial charge in [0.25, 0.3) is 0 Å². The maximum atomic E-state index is 12.7. The second kappa shape index (κ2) is 11.5. The Kier molecular flexibility index (Phi) is 8.64. The molecule has 6 nitrogen and oxygen atoms in total. The highest BCUT2D eigenvalue weighted by Crippen LogP contribution is 2.47. The summed E-state index contributed by atoms with van der Waals surface area (Å²) in [6, 6.07) is 22.0. The number of aromatic carboxylic acids is 1. The highest BCUT2D eigenvalue weighted by Gasteiger charge is 2.43. The summed E-state index contributed by atoms with van der Waals surface area (Å²) in [7, 11) is 7.81. The molecule has 0 amide bonds. The Bertz CT molecular complexity index is 1170. The zero-order valence-corrected chi connectivity index (χ0v) is 22.6. The number of benzene rings is 3. The zero-order valence-electron chi connectivity index (χ0n) is 22.6. The van der Waals surface area contributed by atoms with Crippen molar-refractivity contribution in [1.82, 2.24) is 4.90 Å². The molecule has 0 bridgehead atoms. The molecule has 0 aliphatic rings. The second-order valence-electron chi connectivity index (χ2n) is 9.19. The topological polar surface area (TPSA) is 56.3 Å². The lowest BCUT2D eigenvalue weighted by atomic mass is 9.73. The smallest absolute Gasteiger partial charge is 0.336 e. The lowest BCUT2D eigenvalue weighted by molar-refractivity contribution is 0.0692. The van der Waals surface area contributed by atoms with E-state index in [2.05, 4.69) is 54.0 Å². The van der Waals surface area contributed by atoms with Crippen LogP contribution in [0.2, 0.25) is 0 Å².